The van der Waals surface area contributed by atoms with Crippen LogP contribution in [0.5, 0.6) is 0 Å². The number of carbonyl (C=O) groups is 2. The van der Waals surface area contributed by atoms with Crippen molar-refractivity contribution in [2.45, 2.75) is 32.0 Å². The van der Waals surface area contributed by atoms with Gasteiger partial charge in [-0.1, -0.05) is 66.7 Å². The van der Waals surface area contributed by atoms with Gasteiger partial charge >= 0.3 is 11.9 Å². The van der Waals surface area contributed by atoms with Crippen LogP contribution in [-0.2, 0) is 23.8 Å². The second kappa shape index (κ2) is 10.2. The number of hydrogen-bond donors (Lipinski definition) is 0. The van der Waals surface area contributed by atoms with Gasteiger partial charge in [0.25, 0.3) is 0 Å². The molecule has 1 aliphatic rings. The van der Waals surface area contributed by atoms with Gasteiger partial charge in [0.1, 0.15) is 6.10 Å². The Labute approximate surface area is 183 Å². The summed E-state index contributed by atoms with van der Waals surface area (Å²) in [6.07, 6.45) is 6.47. The van der Waals surface area contributed by atoms with E-state index in [2.05, 4.69) is 6.08 Å². The maximum atomic E-state index is 12.9. The van der Waals surface area contributed by atoms with E-state index >= 15 is 0 Å². The number of hydrogen-bond acceptors (Lipinski definition) is 5. The largest absolute Gasteiger partial charge is 0.468 e. The maximum absolute atomic E-state index is 12.9. The van der Waals surface area contributed by atoms with Crippen LogP contribution in [0.4, 0.5) is 0 Å². The van der Waals surface area contributed by atoms with E-state index in [1.54, 1.807) is 0 Å². The Balaban J connectivity index is 1.97. The minimum Gasteiger partial charge on any atom is -0.468 e. The standard InChI is InChI=1S/C26H27O5/c1-19(18-21-12-8-5-9-13-21)23-26(24(27)29-2,25(28)30-3)17-16-22(31-23)15-14-20-10-6-4-7-11-20/h4-14,18,22-23H,16-17H2,1-3H3/b15-14?,19-18+/t22-,23+/m1/s1. The third-order valence-electron chi connectivity index (χ3n) is 5.49. The average Bonchev–Trinajstić information content (AvgIpc) is 2.82. The summed E-state index contributed by atoms with van der Waals surface area (Å²) >= 11 is 0. The highest BCUT2D eigenvalue weighted by Gasteiger charge is 2.58. The fourth-order valence-electron chi connectivity index (χ4n) is 3.95. The molecule has 0 bridgehead atoms. The Hall–Kier alpha value is -3.18. The molecule has 0 spiro atoms. The van der Waals surface area contributed by atoms with Crippen molar-refractivity contribution in [1.82, 2.24) is 0 Å². The zero-order chi connectivity index (χ0) is 22.3. The SMILES string of the molecule is COC(=O)C1(C(=O)OC)CC[C@@H]([C]=Cc2ccccc2)O[C@H]1/C(C)=C/c1ccccc1. The number of benzene rings is 2. The van der Waals surface area contributed by atoms with Crippen molar-refractivity contribution in [3.05, 3.63) is 83.4 Å². The summed E-state index contributed by atoms with van der Waals surface area (Å²) in [5.74, 6) is -1.31. The lowest BCUT2D eigenvalue weighted by atomic mass is 9.72. The molecule has 1 heterocycles. The Morgan fingerprint density at radius 3 is 2.06 bits per heavy atom. The Bertz CT molecular complexity index is 930. The molecule has 1 fully saturated rings. The van der Waals surface area contributed by atoms with Gasteiger partial charge in [-0.25, -0.2) is 0 Å². The maximum Gasteiger partial charge on any atom is 0.326 e. The summed E-state index contributed by atoms with van der Waals surface area (Å²) in [5, 5.41) is 0. The molecule has 5 nitrogen and oxygen atoms in total. The van der Waals surface area contributed by atoms with Crippen LogP contribution in [0, 0.1) is 11.5 Å². The molecule has 1 radical (unpaired) electrons. The van der Waals surface area contributed by atoms with Crippen LogP contribution in [0.1, 0.15) is 30.9 Å². The van der Waals surface area contributed by atoms with Crippen molar-refractivity contribution in [3.8, 4) is 0 Å². The van der Waals surface area contributed by atoms with Crippen molar-refractivity contribution < 1.29 is 23.8 Å². The molecule has 31 heavy (non-hydrogen) atoms. The highest BCUT2D eigenvalue weighted by Crippen LogP contribution is 2.43. The highest BCUT2D eigenvalue weighted by molar-refractivity contribution is 6.01. The van der Waals surface area contributed by atoms with Gasteiger partial charge in [-0.3, -0.25) is 9.59 Å². The molecule has 0 unspecified atom stereocenters. The number of ether oxygens (including phenoxy) is 3. The summed E-state index contributed by atoms with van der Waals surface area (Å²) < 4.78 is 16.4. The molecule has 1 saturated heterocycles. The average molecular weight is 419 g/mol. The smallest absolute Gasteiger partial charge is 0.326 e. The molecule has 0 aromatic heterocycles. The summed E-state index contributed by atoms with van der Waals surface area (Å²) in [4.78, 5) is 25.8. The molecule has 0 aliphatic carbocycles. The van der Waals surface area contributed by atoms with Gasteiger partial charge in [-0.05, 0) is 48.6 Å². The van der Waals surface area contributed by atoms with E-state index in [0.29, 0.717) is 6.42 Å². The van der Waals surface area contributed by atoms with E-state index in [4.69, 9.17) is 14.2 Å². The molecule has 5 heteroatoms. The topological polar surface area (TPSA) is 61.8 Å². The molecule has 2 aromatic carbocycles. The van der Waals surface area contributed by atoms with Crippen LogP contribution < -0.4 is 0 Å². The van der Waals surface area contributed by atoms with Gasteiger partial charge < -0.3 is 14.2 Å². The lowest BCUT2D eigenvalue weighted by molar-refractivity contribution is -0.189. The fourth-order valence-corrected chi connectivity index (χ4v) is 3.95. The number of esters is 2. The molecule has 0 amide bonds. The first kappa shape index (κ1) is 22.5. The molecule has 0 saturated carbocycles. The third-order valence-corrected chi connectivity index (χ3v) is 5.49. The van der Waals surface area contributed by atoms with E-state index < -0.39 is 23.5 Å². The van der Waals surface area contributed by atoms with Crippen molar-refractivity contribution in [2.75, 3.05) is 14.2 Å². The molecule has 3 rings (SSSR count). The van der Waals surface area contributed by atoms with E-state index in [1.165, 1.54) is 14.2 Å². The highest BCUT2D eigenvalue weighted by atomic mass is 16.6. The monoisotopic (exact) mass is 419 g/mol. The van der Waals surface area contributed by atoms with E-state index in [0.717, 1.165) is 16.7 Å². The van der Waals surface area contributed by atoms with Gasteiger partial charge in [0.15, 0.2) is 5.41 Å². The zero-order valence-corrected chi connectivity index (χ0v) is 18.0. The normalized spacial score (nSPS) is 20.9. The lowest BCUT2D eigenvalue weighted by Crippen LogP contribution is -2.55. The van der Waals surface area contributed by atoms with Crippen LogP contribution >= 0.6 is 0 Å². The lowest BCUT2D eigenvalue weighted by Gasteiger charge is -2.42. The van der Waals surface area contributed by atoms with Crippen LogP contribution in [0.2, 0.25) is 0 Å². The van der Waals surface area contributed by atoms with Gasteiger partial charge in [0, 0.05) is 0 Å². The molecule has 2 aromatic rings. The van der Waals surface area contributed by atoms with Gasteiger partial charge in [-0.15, -0.1) is 0 Å². The molecule has 1 aliphatic heterocycles. The first-order valence-electron chi connectivity index (χ1n) is 10.2. The Morgan fingerprint density at radius 1 is 0.968 bits per heavy atom. The summed E-state index contributed by atoms with van der Waals surface area (Å²) in [5.41, 5.74) is 1.10. The first-order valence-corrected chi connectivity index (χ1v) is 10.2. The van der Waals surface area contributed by atoms with E-state index in [-0.39, 0.29) is 12.5 Å². The quantitative estimate of drug-likeness (QED) is 0.510. The predicted molar refractivity (Wildman–Crippen MR) is 119 cm³/mol. The van der Waals surface area contributed by atoms with Gasteiger partial charge in [0.05, 0.1) is 20.3 Å². The second-order valence-corrected chi connectivity index (χ2v) is 7.52. The minimum absolute atomic E-state index is 0.233. The van der Waals surface area contributed by atoms with E-state index in [9.17, 15) is 9.59 Å². The zero-order valence-electron chi connectivity index (χ0n) is 18.0. The van der Waals surface area contributed by atoms with Crippen molar-refractivity contribution in [2.24, 2.45) is 5.41 Å². The summed E-state index contributed by atoms with van der Waals surface area (Å²) in [6, 6.07) is 19.5. The van der Waals surface area contributed by atoms with Gasteiger partial charge in [-0.2, -0.15) is 0 Å². The van der Waals surface area contributed by atoms with Gasteiger partial charge in [0.2, 0.25) is 0 Å². The predicted octanol–water partition coefficient (Wildman–Crippen LogP) is 4.49. The molecule has 2 atom stereocenters. The van der Waals surface area contributed by atoms with Crippen molar-refractivity contribution in [1.29, 1.82) is 0 Å². The number of rotatable bonds is 6. The first-order chi connectivity index (χ1) is 15.0. The third kappa shape index (κ3) is 4.94. The Kier molecular flexibility index (Phi) is 7.42. The summed E-state index contributed by atoms with van der Waals surface area (Å²) in [6.45, 7) is 1.85. The van der Waals surface area contributed by atoms with Crippen LogP contribution in [0.3, 0.4) is 0 Å². The van der Waals surface area contributed by atoms with E-state index in [1.807, 2.05) is 79.7 Å². The molecule has 161 valence electrons. The number of methoxy groups -OCH3 is 2. The van der Waals surface area contributed by atoms with Crippen molar-refractivity contribution >= 4 is 24.1 Å². The van der Waals surface area contributed by atoms with Crippen molar-refractivity contribution in [3.63, 3.8) is 0 Å². The minimum atomic E-state index is -1.57. The number of carbonyl (C=O) groups excluding carboxylic acids is 2. The molecular weight excluding hydrogens is 392 g/mol. The second-order valence-electron chi connectivity index (χ2n) is 7.52. The van der Waals surface area contributed by atoms with Crippen LogP contribution in [-0.4, -0.2) is 38.4 Å². The summed E-state index contributed by atoms with van der Waals surface area (Å²) in [7, 11) is 2.54. The van der Waals surface area contributed by atoms with Crippen LogP contribution in [0.25, 0.3) is 12.2 Å². The fraction of sp³-hybridized carbons (Fsp3) is 0.308. The molecule has 0 N–H and O–H groups in total. The Morgan fingerprint density at radius 2 is 1.52 bits per heavy atom. The van der Waals surface area contributed by atoms with Crippen LogP contribution in [0.15, 0.2) is 66.2 Å². The molecular formula is C26H27O5.